The highest BCUT2D eigenvalue weighted by Gasteiger charge is 2.45. The van der Waals surface area contributed by atoms with Crippen molar-refractivity contribution < 1.29 is 14.6 Å². The number of methoxy groups -OCH3 is 1. The molecular weight excluding hydrogens is 218 g/mol. The van der Waals surface area contributed by atoms with E-state index in [1.807, 2.05) is 0 Å². The van der Waals surface area contributed by atoms with Gasteiger partial charge in [0, 0.05) is 5.56 Å². The normalized spacial score (nSPS) is 26.5. The van der Waals surface area contributed by atoms with Crippen molar-refractivity contribution in [2.45, 2.75) is 26.0 Å². The van der Waals surface area contributed by atoms with Crippen LogP contribution in [0.15, 0.2) is 18.2 Å². The van der Waals surface area contributed by atoms with Gasteiger partial charge in [0.1, 0.15) is 5.75 Å². The van der Waals surface area contributed by atoms with Crippen LogP contribution in [0.5, 0.6) is 5.75 Å². The van der Waals surface area contributed by atoms with Gasteiger partial charge in [0.25, 0.3) is 0 Å². The van der Waals surface area contributed by atoms with E-state index in [2.05, 4.69) is 0 Å². The van der Waals surface area contributed by atoms with E-state index in [1.54, 1.807) is 39.2 Å². The van der Waals surface area contributed by atoms with Crippen LogP contribution in [0, 0.1) is 5.41 Å². The minimum absolute atomic E-state index is 0.0793. The summed E-state index contributed by atoms with van der Waals surface area (Å²) < 4.78 is 5.10. The van der Waals surface area contributed by atoms with Crippen LogP contribution in [0.1, 0.15) is 35.8 Å². The van der Waals surface area contributed by atoms with Crippen LogP contribution < -0.4 is 10.5 Å². The van der Waals surface area contributed by atoms with Crippen LogP contribution in [0.25, 0.3) is 0 Å². The fourth-order valence-corrected chi connectivity index (χ4v) is 2.25. The quantitative estimate of drug-likeness (QED) is 0.769. The zero-order chi connectivity index (χ0) is 12.8. The number of hydrogen-bond acceptors (Lipinski definition) is 4. The molecule has 0 aliphatic heterocycles. The third-order valence-electron chi connectivity index (χ3n) is 3.53. The summed E-state index contributed by atoms with van der Waals surface area (Å²) in [5.74, 6) is 0.559. The number of nitrogens with two attached hydrogens (primary N) is 1. The molecule has 17 heavy (non-hydrogen) atoms. The van der Waals surface area contributed by atoms with Gasteiger partial charge < -0.3 is 15.6 Å². The van der Waals surface area contributed by atoms with Crippen LogP contribution in [-0.4, -0.2) is 24.1 Å². The minimum atomic E-state index is -0.880. The first-order valence-electron chi connectivity index (χ1n) is 5.56. The number of carbonyl (C=O) groups excluding carboxylic acids is 1. The predicted octanol–water partition coefficient (Wildman–Crippen LogP) is 1.28. The summed E-state index contributed by atoms with van der Waals surface area (Å²) in [5.41, 5.74) is 6.38. The van der Waals surface area contributed by atoms with Crippen molar-refractivity contribution in [3.63, 3.8) is 0 Å². The summed E-state index contributed by atoms with van der Waals surface area (Å²) in [5, 5.41) is 10.1. The first-order valence-corrected chi connectivity index (χ1v) is 5.56. The Morgan fingerprint density at radius 3 is 2.65 bits per heavy atom. The Bertz CT molecular complexity index is 468. The van der Waals surface area contributed by atoms with Gasteiger partial charge in [0.15, 0.2) is 5.78 Å². The molecule has 1 aliphatic rings. The van der Waals surface area contributed by atoms with Gasteiger partial charge in [-0.15, -0.1) is 0 Å². The molecule has 0 heterocycles. The molecule has 4 nitrogen and oxygen atoms in total. The summed E-state index contributed by atoms with van der Waals surface area (Å²) >= 11 is 0. The molecule has 0 saturated heterocycles. The Morgan fingerprint density at radius 2 is 2.06 bits per heavy atom. The van der Waals surface area contributed by atoms with E-state index in [1.165, 1.54) is 0 Å². The van der Waals surface area contributed by atoms with Crippen LogP contribution in [0.4, 0.5) is 0 Å². The molecule has 92 valence electrons. The number of aliphatic hydroxyl groups excluding tert-OH is 1. The van der Waals surface area contributed by atoms with E-state index >= 15 is 0 Å². The molecule has 4 heteroatoms. The molecule has 0 aromatic heterocycles. The molecule has 0 radical (unpaired) electrons. The first kappa shape index (κ1) is 12.1. The van der Waals surface area contributed by atoms with Crippen LogP contribution in [0.2, 0.25) is 0 Å². The summed E-state index contributed by atoms with van der Waals surface area (Å²) in [7, 11) is 1.55. The maximum absolute atomic E-state index is 12.2. The Balaban J connectivity index is 2.60. The molecule has 2 unspecified atom stereocenters. The molecule has 0 bridgehead atoms. The highest BCUT2D eigenvalue weighted by atomic mass is 16.5. The van der Waals surface area contributed by atoms with Crippen LogP contribution in [0.3, 0.4) is 0 Å². The second-order valence-electron chi connectivity index (χ2n) is 4.97. The molecule has 1 aromatic carbocycles. The Labute approximate surface area is 100 Å². The Morgan fingerprint density at radius 1 is 1.41 bits per heavy atom. The fraction of sp³-hybridized carbons (Fsp3) is 0.462. The van der Waals surface area contributed by atoms with Gasteiger partial charge in [-0.1, -0.05) is 0 Å². The van der Waals surface area contributed by atoms with Crippen molar-refractivity contribution in [2.75, 3.05) is 7.11 Å². The minimum Gasteiger partial charge on any atom is -0.497 e. The summed E-state index contributed by atoms with van der Waals surface area (Å²) in [6.45, 7) is 3.43. The second kappa shape index (κ2) is 3.82. The lowest BCUT2D eigenvalue weighted by atomic mass is 9.69. The van der Waals surface area contributed by atoms with Gasteiger partial charge in [-0.25, -0.2) is 0 Å². The predicted molar refractivity (Wildman–Crippen MR) is 64.0 cm³/mol. The van der Waals surface area contributed by atoms with Gasteiger partial charge in [-0.05, 0) is 37.6 Å². The average molecular weight is 235 g/mol. The highest BCUT2D eigenvalue weighted by Crippen LogP contribution is 2.40. The highest BCUT2D eigenvalue weighted by molar-refractivity contribution is 6.03. The number of fused-ring (bicyclic) bond motifs is 1. The van der Waals surface area contributed by atoms with Crippen LogP contribution in [-0.2, 0) is 0 Å². The molecule has 3 N–H and O–H groups in total. The lowest BCUT2D eigenvalue weighted by Crippen LogP contribution is -2.48. The number of ether oxygens (including phenoxy) is 1. The maximum Gasteiger partial charge on any atom is 0.171 e. The van der Waals surface area contributed by atoms with Gasteiger partial charge in [0.05, 0.1) is 24.7 Å². The average Bonchev–Trinajstić information content (AvgIpc) is 2.33. The summed E-state index contributed by atoms with van der Waals surface area (Å²) in [4.78, 5) is 12.2. The number of hydrogen-bond donors (Lipinski definition) is 2. The number of ketones is 1. The summed E-state index contributed by atoms with van der Waals surface area (Å²) in [6.07, 6.45) is -0.880. The molecule has 0 amide bonds. The Hall–Kier alpha value is -1.39. The molecule has 1 aromatic rings. The smallest absolute Gasteiger partial charge is 0.171 e. The van der Waals surface area contributed by atoms with E-state index in [0.29, 0.717) is 16.9 Å². The molecular formula is C13H17NO3. The number of benzene rings is 1. The van der Waals surface area contributed by atoms with Crippen molar-refractivity contribution >= 4 is 5.78 Å². The third kappa shape index (κ3) is 1.64. The third-order valence-corrected chi connectivity index (χ3v) is 3.53. The van der Waals surface area contributed by atoms with Crippen molar-refractivity contribution in [1.82, 2.24) is 0 Å². The van der Waals surface area contributed by atoms with Crippen molar-refractivity contribution in [3.05, 3.63) is 29.3 Å². The molecule has 0 saturated carbocycles. The molecule has 2 rings (SSSR count). The number of rotatable bonds is 1. The van der Waals surface area contributed by atoms with E-state index in [9.17, 15) is 9.90 Å². The van der Waals surface area contributed by atoms with Gasteiger partial charge in [0.2, 0.25) is 0 Å². The summed E-state index contributed by atoms with van der Waals surface area (Å²) in [6, 6.07) is 4.60. The van der Waals surface area contributed by atoms with Crippen LogP contribution >= 0.6 is 0 Å². The topological polar surface area (TPSA) is 72.6 Å². The standard InChI is InChI=1S/C13H17NO3/c1-13(2)11(15)8-5-4-7(17-3)6-9(8)10(14)12(13)16/h4-6,10,12,16H,14H2,1-3H3. The first-order chi connectivity index (χ1) is 7.89. The zero-order valence-electron chi connectivity index (χ0n) is 10.2. The lowest BCUT2D eigenvalue weighted by Gasteiger charge is -2.39. The van der Waals surface area contributed by atoms with Gasteiger partial charge in [-0.3, -0.25) is 4.79 Å². The largest absolute Gasteiger partial charge is 0.497 e. The van der Waals surface area contributed by atoms with Crippen molar-refractivity contribution in [2.24, 2.45) is 11.1 Å². The van der Waals surface area contributed by atoms with E-state index in [4.69, 9.17) is 10.5 Å². The van der Waals surface area contributed by atoms with Gasteiger partial charge in [-0.2, -0.15) is 0 Å². The fourth-order valence-electron chi connectivity index (χ4n) is 2.25. The number of Topliss-reactive ketones (excluding diaryl/α,β-unsaturated/α-hetero) is 1. The molecule has 0 spiro atoms. The monoisotopic (exact) mass is 235 g/mol. The zero-order valence-corrected chi connectivity index (χ0v) is 10.2. The van der Waals surface area contributed by atoms with Gasteiger partial charge >= 0.3 is 0 Å². The maximum atomic E-state index is 12.2. The number of carbonyl (C=O) groups is 1. The molecule has 1 aliphatic carbocycles. The Kier molecular flexibility index (Phi) is 2.72. The van der Waals surface area contributed by atoms with Crippen molar-refractivity contribution in [3.8, 4) is 5.75 Å². The molecule has 0 fully saturated rings. The van der Waals surface area contributed by atoms with E-state index < -0.39 is 17.6 Å². The van der Waals surface area contributed by atoms with E-state index in [0.717, 1.165) is 0 Å². The van der Waals surface area contributed by atoms with Crippen molar-refractivity contribution in [1.29, 1.82) is 0 Å². The lowest BCUT2D eigenvalue weighted by molar-refractivity contribution is 0.0208. The molecule has 2 atom stereocenters. The van der Waals surface area contributed by atoms with E-state index in [-0.39, 0.29) is 5.78 Å². The SMILES string of the molecule is COc1ccc2c(c1)C(N)C(O)C(C)(C)C2=O. The second-order valence-corrected chi connectivity index (χ2v) is 4.97. The number of aliphatic hydroxyl groups is 1.